The van der Waals surface area contributed by atoms with Gasteiger partial charge in [0.15, 0.2) is 0 Å². The van der Waals surface area contributed by atoms with Crippen molar-refractivity contribution in [2.45, 2.75) is 32.9 Å². The molecule has 0 amide bonds. The van der Waals surface area contributed by atoms with Crippen molar-refractivity contribution in [2.75, 3.05) is 19.3 Å². The van der Waals surface area contributed by atoms with E-state index in [0.717, 1.165) is 29.9 Å². The Bertz CT molecular complexity index is 800. The number of pyridine rings is 1. The van der Waals surface area contributed by atoms with E-state index in [-0.39, 0.29) is 0 Å². The second-order valence-electron chi connectivity index (χ2n) is 6.51. The fraction of sp³-hybridized carbons (Fsp3) is 0.562. The molecule has 6 nitrogen and oxygen atoms in total. The Morgan fingerprint density at radius 1 is 1.43 bits per heavy atom. The van der Waals surface area contributed by atoms with Crippen LogP contribution < -0.4 is 5.32 Å². The van der Waals surface area contributed by atoms with Crippen molar-refractivity contribution in [3.63, 3.8) is 0 Å². The molecule has 0 bridgehead atoms. The number of hydrogen-bond acceptors (Lipinski definition) is 4. The zero-order valence-corrected chi connectivity index (χ0v) is 14.7. The Balaban J connectivity index is 1.66. The number of nitrogens with zero attached hydrogens (tertiary/aromatic N) is 3. The number of sulfonamides is 1. The van der Waals surface area contributed by atoms with E-state index in [0.29, 0.717) is 25.0 Å². The summed E-state index contributed by atoms with van der Waals surface area (Å²) < 4.78 is 27.0. The molecule has 0 aromatic carbocycles. The summed E-state index contributed by atoms with van der Waals surface area (Å²) in [6.45, 7) is 6.07. The van der Waals surface area contributed by atoms with Crippen LogP contribution in [0.2, 0.25) is 0 Å². The minimum Gasteiger partial charge on any atom is -0.308 e. The van der Waals surface area contributed by atoms with Gasteiger partial charge < -0.3 is 9.72 Å². The van der Waals surface area contributed by atoms with Gasteiger partial charge in [0.05, 0.1) is 18.1 Å². The van der Waals surface area contributed by atoms with Gasteiger partial charge >= 0.3 is 0 Å². The topological polar surface area (TPSA) is 66.7 Å². The second kappa shape index (κ2) is 6.22. The van der Waals surface area contributed by atoms with Crippen molar-refractivity contribution in [3.8, 4) is 0 Å². The van der Waals surface area contributed by atoms with Crippen LogP contribution in [0.3, 0.4) is 0 Å². The summed E-state index contributed by atoms with van der Waals surface area (Å²) in [6, 6.07) is 4.41. The summed E-state index contributed by atoms with van der Waals surface area (Å²) in [6.07, 6.45) is 6.06. The lowest BCUT2D eigenvalue weighted by molar-refractivity contribution is 0.219. The fourth-order valence-electron chi connectivity index (χ4n) is 3.28. The molecule has 0 aliphatic carbocycles. The van der Waals surface area contributed by atoms with Crippen LogP contribution in [0.15, 0.2) is 24.5 Å². The van der Waals surface area contributed by atoms with Crippen LogP contribution in [0.25, 0.3) is 5.65 Å². The van der Waals surface area contributed by atoms with Gasteiger partial charge in [-0.3, -0.25) is 0 Å². The monoisotopic (exact) mass is 336 g/mol. The number of rotatable bonds is 4. The molecule has 2 aromatic rings. The standard InChI is InChI=1S/C16H24N4O2S/c1-12-5-4-7-20-14(10-18-16(12)20)9-17-15-6-8-19(11-13(15)2)23(3,21)22/h4-5,7,10,13,15,17H,6,8-9,11H2,1-3H3/t13-,15-/m1/s1. The maximum absolute atomic E-state index is 11.7. The minimum absolute atomic E-state index is 0.291. The summed E-state index contributed by atoms with van der Waals surface area (Å²) in [5.41, 5.74) is 3.28. The zero-order valence-electron chi connectivity index (χ0n) is 13.9. The third-order valence-electron chi connectivity index (χ3n) is 4.69. The van der Waals surface area contributed by atoms with Crippen molar-refractivity contribution < 1.29 is 8.42 Å². The molecule has 0 unspecified atom stereocenters. The molecule has 1 fully saturated rings. The molecular formula is C16H24N4O2S. The number of aromatic nitrogens is 2. The lowest BCUT2D eigenvalue weighted by Gasteiger charge is -2.36. The lowest BCUT2D eigenvalue weighted by atomic mass is 9.95. The number of piperidine rings is 1. The van der Waals surface area contributed by atoms with Crippen molar-refractivity contribution in [1.82, 2.24) is 19.0 Å². The SMILES string of the molecule is Cc1cccn2c(CN[C@@H]3CCN(S(C)(=O)=O)C[C@H]3C)cnc12. The normalized spacial score (nSPS) is 23.4. The molecule has 0 saturated carbocycles. The second-order valence-corrected chi connectivity index (χ2v) is 8.49. The minimum atomic E-state index is -3.08. The van der Waals surface area contributed by atoms with E-state index in [2.05, 4.69) is 34.6 Å². The van der Waals surface area contributed by atoms with Crippen LogP contribution in [0.5, 0.6) is 0 Å². The van der Waals surface area contributed by atoms with Gasteiger partial charge in [0.25, 0.3) is 0 Å². The fourth-order valence-corrected chi connectivity index (χ4v) is 4.22. The van der Waals surface area contributed by atoms with Crippen molar-refractivity contribution >= 4 is 15.7 Å². The number of imidazole rings is 1. The Hall–Kier alpha value is -1.44. The largest absolute Gasteiger partial charge is 0.308 e. The molecule has 126 valence electrons. The molecule has 0 spiro atoms. The highest BCUT2D eigenvalue weighted by atomic mass is 32.2. The van der Waals surface area contributed by atoms with Crippen LogP contribution in [0.4, 0.5) is 0 Å². The highest BCUT2D eigenvalue weighted by Gasteiger charge is 2.30. The van der Waals surface area contributed by atoms with E-state index in [1.165, 1.54) is 6.26 Å². The predicted octanol–water partition coefficient (Wildman–Crippen LogP) is 1.40. The average Bonchev–Trinajstić information content (AvgIpc) is 2.89. The molecule has 2 atom stereocenters. The summed E-state index contributed by atoms with van der Waals surface area (Å²) in [5.74, 6) is 0.291. The quantitative estimate of drug-likeness (QED) is 0.916. The summed E-state index contributed by atoms with van der Waals surface area (Å²) in [7, 11) is -3.08. The molecule has 3 heterocycles. The first-order valence-corrected chi connectivity index (χ1v) is 9.81. The van der Waals surface area contributed by atoms with Gasteiger partial charge in [0.1, 0.15) is 5.65 Å². The zero-order chi connectivity index (χ0) is 16.6. The first-order valence-electron chi connectivity index (χ1n) is 7.96. The number of aryl methyl sites for hydroxylation is 1. The molecule has 1 N–H and O–H groups in total. The van der Waals surface area contributed by atoms with Crippen molar-refractivity contribution in [1.29, 1.82) is 0 Å². The first kappa shape index (κ1) is 16.4. The number of fused-ring (bicyclic) bond motifs is 1. The maximum Gasteiger partial charge on any atom is 0.211 e. The van der Waals surface area contributed by atoms with Gasteiger partial charge in [-0.25, -0.2) is 17.7 Å². The highest BCUT2D eigenvalue weighted by molar-refractivity contribution is 7.88. The lowest BCUT2D eigenvalue weighted by Crippen LogP contribution is -2.49. The third kappa shape index (κ3) is 3.41. The molecule has 0 radical (unpaired) electrons. The highest BCUT2D eigenvalue weighted by Crippen LogP contribution is 2.19. The average molecular weight is 336 g/mol. The maximum atomic E-state index is 11.7. The molecular weight excluding hydrogens is 312 g/mol. The molecule has 1 aliphatic rings. The van der Waals surface area contributed by atoms with E-state index >= 15 is 0 Å². The van der Waals surface area contributed by atoms with Crippen molar-refractivity contribution in [2.24, 2.45) is 5.92 Å². The van der Waals surface area contributed by atoms with Crippen LogP contribution in [0, 0.1) is 12.8 Å². The molecule has 23 heavy (non-hydrogen) atoms. The van der Waals surface area contributed by atoms with Gasteiger partial charge in [0.2, 0.25) is 10.0 Å². The van der Waals surface area contributed by atoms with Gasteiger partial charge in [-0.2, -0.15) is 0 Å². The predicted molar refractivity (Wildman–Crippen MR) is 90.8 cm³/mol. The van der Waals surface area contributed by atoms with Gasteiger partial charge in [0, 0.05) is 31.9 Å². The number of nitrogens with one attached hydrogen (secondary N) is 1. The Morgan fingerprint density at radius 3 is 2.91 bits per heavy atom. The van der Waals surface area contributed by atoms with Gasteiger partial charge in [-0.05, 0) is 30.9 Å². The van der Waals surface area contributed by atoms with Crippen LogP contribution in [0.1, 0.15) is 24.6 Å². The molecule has 2 aromatic heterocycles. The van der Waals surface area contributed by atoms with E-state index < -0.39 is 10.0 Å². The molecule has 1 saturated heterocycles. The Kier molecular flexibility index (Phi) is 4.44. The Labute approximate surface area is 137 Å². The van der Waals surface area contributed by atoms with Gasteiger partial charge in [-0.1, -0.05) is 13.0 Å². The first-order chi connectivity index (χ1) is 10.9. The van der Waals surface area contributed by atoms with E-state index in [1.807, 2.05) is 18.5 Å². The molecule has 7 heteroatoms. The van der Waals surface area contributed by atoms with E-state index in [9.17, 15) is 8.42 Å². The van der Waals surface area contributed by atoms with Crippen molar-refractivity contribution in [3.05, 3.63) is 35.8 Å². The third-order valence-corrected chi connectivity index (χ3v) is 5.96. The summed E-state index contributed by atoms with van der Waals surface area (Å²) >= 11 is 0. The Morgan fingerprint density at radius 2 is 2.22 bits per heavy atom. The molecule has 3 rings (SSSR count). The molecule has 1 aliphatic heterocycles. The summed E-state index contributed by atoms with van der Waals surface area (Å²) in [5, 5.41) is 3.58. The number of hydrogen-bond donors (Lipinski definition) is 1. The van der Waals surface area contributed by atoms with Crippen LogP contribution in [-0.2, 0) is 16.6 Å². The van der Waals surface area contributed by atoms with E-state index in [4.69, 9.17) is 0 Å². The smallest absolute Gasteiger partial charge is 0.211 e. The summed E-state index contributed by atoms with van der Waals surface area (Å²) in [4.78, 5) is 4.48. The van der Waals surface area contributed by atoms with Crippen LogP contribution >= 0.6 is 0 Å². The van der Waals surface area contributed by atoms with Gasteiger partial charge in [-0.15, -0.1) is 0 Å². The van der Waals surface area contributed by atoms with Crippen LogP contribution in [-0.4, -0.2) is 47.5 Å². The van der Waals surface area contributed by atoms with E-state index in [1.54, 1.807) is 4.31 Å².